The SMILES string of the molecule is CCOC(=O)c1nn(Cc2ccccn2)c2c1CN(Cc1cn(C)nc1C)CC2. The number of pyridine rings is 1. The third-order valence-corrected chi connectivity index (χ3v) is 5.23. The third-order valence-electron chi connectivity index (χ3n) is 5.23. The molecule has 8 nitrogen and oxygen atoms in total. The highest BCUT2D eigenvalue weighted by atomic mass is 16.5. The van der Waals surface area contributed by atoms with E-state index in [0.29, 0.717) is 25.4 Å². The summed E-state index contributed by atoms with van der Waals surface area (Å²) >= 11 is 0. The lowest BCUT2D eigenvalue weighted by molar-refractivity contribution is 0.0515. The van der Waals surface area contributed by atoms with Crippen molar-refractivity contribution < 1.29 is 9.53 Å². The Balaban J connectivity index is 1.62. The van der Waals surface area contributed by atoms with Gasteiger partial charge in [0, 0.05) is 62.3 Å². The number of hydrogen-bond donors (Lipinski definition) is 0. The lowest BCUT2D eigenvalue weighted by Gasteiger charge is -2.27. The monoisotopic (exact) mass is 394 g/mol. The summed E-state index contributed by atoms with van der Waals surface area (Å²) in [4.78, 5) is 19.3. The molecule has 0 fully saturated rings. The van der Waals surface area contributed by atoms with Gasteiger partial charge in [-0.25, -0.2) is 4.79 Å². The van der Waals surface area contributed by atoms with Crippen LogP contribution < -0.4 is 0 Å². The first kappa shape index (κ1) is 19.3. The number of carbonyl (C=O) groups excluding carboxylic acids is 1. The molecular weight excluding hydrogens is 368 g/mol. The zero-order valence-electron chi connectivity index (χ0n) is 17.1. The first-order chi connectivity index (χ1) is 14.0. The second-order valence-corrected chi connectivity index (χ2v) is 7.35. The van der Waals surface area contributed by atoms with Gasteiger partial charge in [0.2, 0.25) is 0 Å². The molecule has 29 heavy (non-hydrogen) atoms. The first-order valence-electron chi connectivity index (χ1n) is 9.92. The molecule has 1 aliphatic heterocycles. The number of hydrogen-bond acceptors (Lipinski definition) is 6. The smallest absolute Gasteiger partial charge is 0.359 e. The van der Waals surface area contributed by atoms with Gasteiger partial charge in [0.25, 0.3) is 0 Å². The van der Waals surface area contributed by atoms with Crippen molar-refractivity contribution in [2.45, 2.75) is 39.9 Å². The molecule has 4 rings (SSSR count). The van der Waals surface area contributed by atoms with Gasteiger partial charge in [-0.3, -0.25) is 19.2 Å². The van der Waals surface area contributed by atoms with Gasteiger partial charge in [0.1, 0.15) is 0 Å². The van der Waals surface area contributed by atoms with E-state index < -0.39 is 0 Å². The predicted octanol–water partition coefficient (Wildman–Crippen LogP) is 2.10. The molecular formula is C21H26N6O2. The van der Waals surface area contributed by atoms with Crippen LogP contribution in [0.2, 0.25) is 0 Å². The lowest BCUT2D eigenvalue weighted by Crippen LogP contribution is -2.31. The van der Waals surface area contributed by atoms with Crippen LogP contribution in [-0.4, -0.2) is 48.6 Å². The van der Waals surface area contributed by atoms with E-state index in [0.717, 1.165) is 42.2 Å². The van der Waals surface area contributed by atoms with E-state index in [2.05, 4.69) is 26.3 Å². The molecule has 0 bridgehead atoms. The Morgan fingerprint density at radius 2 is 2.10 bits per heavy atom. The molecule has 0 spiro atoms. The third kappa shape index (κ3) is 4.07. The molecule has 1 aliphatic rings. The Hall–Kier alpha value is -3.00. The molecule has 0 saturated heterocycles. The van der Waals surface area contributed by atoms with Crippen LogP contribution in [0.3, 0.4) is 0 Å². The number of aromatic nitrogens is 5. The standard InChI is InChI=1S/C21H26N6O2/c1-4-29-21(28)20-18-14-26(12-16-11-25(3)23-15(16)2)10-8-19(18)27(24-20)13-17-7-5-6-9-22-17/h5-7,9,11H,4,8,10,12-14H2,1-3H3. The van der Waals surface area contributed by atoms with Crippen molar-refractivity contribution >= 4 is 5.97 Å². The van der Waals surface area contributed by atoms with Crippen molar-refractivity contribution in [1.29, 1.82) is 0 Å². The minimum Gasteiger partial charge on any atom is -0.461 e. The molecule has 0 N–H and O–H groups in total. The van der Waals surface area contributed by atoms with E-state index in [1.54, 1.807) is 6.20 Å². The van der Waals surface area contributed by atoms with Crippen LogP contribution in [0.4, 0.5) is 0 Å². The molecule has 0 atom stereocenters. The maximum atomic E-state index is 12.6. The number of fused-ring (bicyclic) bond motifs is 1. The molecule has 4 heterocycles. The Morgan fingerprint density at radius 1 is 1.24 bits per heavy atom. The number of nitrogens with zero attached hydrogens (tertiary/aromatic N) is 6. The minimum absolute atomic E-state index is 0.333. The van der Waals surface area contributed by atoms with Gasteiger partial charge in [-0.2, -0.15) is 10.2 Å². The van der Waals surface area contributed by atoms with E-state index in [4.69, 9.17) is 4.74 Å². The summed E-state index contributed by atoms with van der Waals surface area (Å²) < 4.78 is 9.03. The minimum atomic E-state index is -0.358. The van der Waals surface area contributed by atoms with Crippen LogP contribution in [0.15, 0.2) is 30.6 Å². The number of aryl methyl sites for hydroxylation is 2. The summed E-state index contributed by atoms with van der Waals surface area (Å²) in [7, 11) is 1.94. The van der Waals surface area contributed by atoms with E-state index in [-0.39, 0.29) is 5.97 Å². The number of esters is 1. The zero-order chi connectivity index (χ0) is 20.4. The quantitative estimate of drug-likeness (QED) is 0.596. The summed E-state index contributed by atoms with van der Waals surface area (Å²) in [5.41, 5.74) is 5.64. The molecule has 3 aromatic rings. The van der Waals surface area contributed by atoms with Crippen LogP contribution in [0.5, 0.6) is 0 Å². The molecule has 152 valence electrons. The van der Waals surface area contributed by atoms with Crippen molar-refractivity contribution in [2.24, 2.45) is 7.05 Å². The Bertz CT molecular complexity index is 1010. The van der Waals surface area contributed by atoms with Crippen molar-refractivity contribution in [1.82, 2.24) is 29.4 Å². The van der Waals surface area contributed by atoms with Crippen molar-refractivity contribution in [3.8, 4) is 0 Å². The largest absolute Gasteiger partial charge is 0.461 e. The number of rotatable bonds is 6. The summed E-state index contributed by atoms with van der Waals surface area (Å²) in [6, 6.07) is 5.82. The first-order valence-corrected chi connectivity index (χ1v) is 9.92. The molecule has 0 unspecified atom stereocenters. The fourth-order valence-electron chi connectivity index (χ4n) is 3.87. The summed E-state index contributed by atoms with van der Waals surface area (Å²) in [5.74, 6) is -0.358. The molecule has 0 amide bonds. The molecule has 0 aliphatic carbocycles. The van der Waals surface area contributed by atoms with Gasteiger partial charge < -0.3 is 4.74 Å². The van der Waals surface area contributed by atoms with Gasteiger partial charge in [-0.15, -0.1) is 0 Å². The van der Waals surface area contributed by atoms with Gasteiger partial charge >= 0.3 is 5.97 Å². The zero-order valence-corrected chi connectivity index (χ0v) is 17.1. The van der Waals surface area contributed by atoms with Crippen LogP contribution in [0.1, 0.15) is 45.6 Å². The van der Waals surface area contributed by atoms with E-state index in [9.17, 15) is 4.79 Å². The normalized spacial score (nSPS) is 14.0. The van der Waals surface area contributed by atoms with Crippen LogP contribution in [-0.2, 0) is 37.8 Å². The summed E-state index contributed by atoms with van der Waals surface area (Å²) in [5, 5.41) is 9.06. The highest BCUT2D eigenvalue weighted by Crippen LogP contribution is 2.25. The predicted molar refractivity (Wildman–Crippen MR) is 107 cm³/mol. The highest BCUT2D eigenvalue weighted by molar-refractivity contribution is 5.89. The van der Waals surface area contributed by atoms with Gasteiger partial charge in [0.05, 0.1) is 24.5 Å². The van der Waals surface area contributed by atoms with Crippen molar-refractivity contribution in [2.75, 3.05) is 13.2 Å². The van der Waals surface area contributed by atoms with Gasteiger partial charge in [-0.1, -0.05) is 6.07 Å². The topological polar surface area (TPSA) is 78.1 Å². The van der Waals surface area contributed by atoms with Gasteiger partial charge in [0.15, 0.2) is 5.69 Å². The van der Waals surface area contributed by atoms with E-state index in [1.807, 2.05) is 48.5 Å². The fourth-order valence-corrected chi connectivity index (χ4v) is 3.87. The second-order valence-electron chi connectivity index (χ2n) is 7.35. The average Bonchev–Trinajstić information content (AvgIpc) is 3.22. The number of carbonyl (C=O) groups is 1. The van der Waals surface area contributed by atoms with Gasteiger partial charge in [-0.05, 0) is 26.0 Å². The maximum absolute atomic E-state index is 12.6. The van der Waals surface area contributed by atoms with Crippen LogP contribution in [0.25, 0.3) is 0 Å². The molecule has 8 heteroatoms. The van der Waals surface area contributed by atoms with Crippen LogP contribution >= 0.6 is 0 Å². The Labute approximate surface area is 170 Å². The molecule has 0 aromatic carbocycles. The highest BCUT2D eigenvalue weighted by Gasteiger charge is 2.29. The number of ether oxygens (including phenoxy) is 1. The lowest BCUT2D eigenvalue weighted by atomic mass is 10.0. The van der Waals surface area contributed by atoms with E-state index in [1.165, 1.54) is 5.56 Å². The van der Waals surface area contributed by atoms with E-state index >= 15 is 0 Å². The second kappa shape index (κ2) is 8.16. The Kier molecular flexibility index (Phi) is 5.44. The molecule has 0 radical (unpaired) electrons. The molecule has 3 aromatic heterocycles. The maximum Gasteiger partial charge on any atom is 0.359 e. The summed E-state index contributed by atoms with van der Waals surface area (Å²) in [6.07, 6.45) is 4.66. The van der Waals surface area contributed by atoms with Crippen molar-refractivity contribution in [3.05, 3.63) is 64.5 Å². The fraction of sp³-hybridized carbons (Fsp3) is 0.429. The summed E-state index contributed by atoms with van der Waals surface area (Å²) in [6.45, 7) is 7.08. The average molecular weight is 394 g/mol. The molecule has 0 saturated carbocycles. The van der Waals surface area contributed by atoms with Crippen LogP contribution in [0, 0.1) is 6.92 Å². The van der Waals surface area contributed by atoms with Crippen molar-refractivity contribution in [3.63, 3.8) is 0 Å². The Morgan fingerprint density at radius 3 is 2.79 bits per heavy atom.